The summed E-state index contributed by atoms with van der Waals surface area (Å²) in [5, 5.41) is 13.6. The Morgan fingerprint density at radius 3 is 2.67 bits per heavy atom. The molecule has 1 saturated heterocycles. The number of amides is 4. The molecule has 0 saturated carbocycles. The van der Waals surface area contributed by atoms with Gasteiger partial charge < -0.3 is 10.2 Å². The van der Waals surface area contributed by atoms with E-state index >= 15 is 0 Å². The summed E-state index contributed by atoms with van der Waals surface area (Å²) in [6, 6.07) is 11.4. The highest BCUT2D eigenvalue weighted by atomic mass is 16.3. The number of nitriles is 1. The van der Waals surface area contributed by atoms with E-state index in [1.54, 1.807) is 36.4 Å². The van der Waals surface area contributed by atoms with Gasteiger partial charge in [0.25, 0.3) is 5.91 Å². The topological polar surface area (TPSA) is 133 Å². The second-order valence-electron chi connectivity index (χ2n) is 5.64. The van der Waals surface area contributed by atoms with Crippen LogP contribution in [0.5, 0.6) is 0 Å². The Kier molecular flexibility index (Phi) is 5.10. The monoisotopic (exact) mass is 365 g/mol. The molecule has 1 aromatic carbocycles. The van der Waals surface area contributed by atoms with Gasteiger partial charge in [-0.05, 0) is 36.4 Å². The number of carbonyl (C=O) groups is 3. The van der Waals surface area contributed by atoms with Crippen LogP contribution in [0.2, 0.25) is 0 Å². The lowest BCUT2D eigenvalue weighted by molar-refractivity contribution is -0.138. The zero-order valence-corrected chi connectivity index (χ0v) is 14.2. The van der Waals surface area contributed by atoms with Crippen LogP contribution in [0.3, 0.4) is 0 Å². The predicted octanol–water partition coefficient (Wildman–Crippen LogP) is 1.29. The summed E-state index contributed by atoms with van der Waals surface area (Å²) in [5.74, 6) is -0.370. The summed E-state index contributed by atoms with van der Waals surface area (Å²) in [4.78, 5) is 36.3. The van der Waals surface area contributed by atoms with Gasteiger partial charge in [-0.2, -0.15) is 15.3 Å². The van der Waals surface area contributed by atoms with Gasteiger partial charge in [0.2, 0.25) is 5.91 Å². The second-order valence-corrected chi connectivity index (χ2v) is 5.64. The normalized spacial score (nSPS) is 14.2. The first-order chi connectivity index (χ1) is 13.0. The van der Waals surface area contributed by atoms with Crippen molar-refractivity contribution in [1.82, 2.24) is 9.91 Å². The smallest absolute Gasteiger partial charge is 0.354 e. The summed E-state index contributed by atoms with van der Waals surface area (Å²) in [6.07, 6.45) is 1.19. The molecule has 27 heavy (non-hydrogen) atoms. The molecule has 2 N–H and O–H groups in total. The second kappa shape index (κ2) is 7.63. The van der Waals surface area contributed by atoms with E-state index in [4.69, 9.17) is 15.4 Å². The molecule has 1 aromatic heterocycles. The first-order valence-electron chi connectivity index (χ1n) is 8.05. The fourth-order valence-corrected chi connectivity index (χ4v) is 2.47. The van der Waals surface area contributed by atoms with Crippen LogP contribution in [-0.2, 0) is 9.59 Å². The molecule has 0 bridgehead atoms. The number of carbonyl (C=O) groups excluding carboxylic acids is 3. The van der Waals surface area contributed by atoms with Crippen molar-refractivity contribution in [2.24, 2.45) is 10.8 Å². The zero-order valence-electron chi connectivity index (χ0n) is 14.2. The molecule has 136 valence electrons. The number of imide groups is 3. The van der Waals surface area contributed by atoms with Crippen LogP contribution in [-0.4, -0.2) is 47.1 Å². The fraction of sp³-hybridized carbons (Fsp3) is 0.167. The molecule has 9 heteroatoms. The lowest BCUT2D eigenvalue weighted by atomic mass is 10.1. The minimum absolute atomic E-state index is 0.0453. The van der Waals surface area contributed by atoms with Crippen molar-refractivity contribution in [1.29, 1.82) is 5.26 Å². The van der Waals surface area contributed by atoms with Gasteiger partial charge in [0.05, 0.1) is 17.8 Å². The van der Waals surface area contributed by atoms with Crippen molar-refractivity contribution in [2.45, 2.75) is 6.42 Å². The Morgan fingerprint density at radius 2 is 2.00 bits per heavy atom. The predicted molar refractivity (Wildman–Crippen MR) is 94.1 cm³/mol. The van der Waals surface area contributed by atoms with Gasteiger partial charge in [-0.25, -0.2) is 9.80 Å². The van der Waals surface area contributed by atoms with Crippen LogP contribution in [0.4, 0.5) is 4.79 Å². The third-order valence-electron chi connectivity index (χ3n) is 3.80. The van der Waals surface area contributed by atoms with Crippen molar-refractivity contribution in [3.8, 4) is 17.4 Å². The Morgan fingerprint density at radius 1 is 1.26 bits per heavy atom. The SMILES string of the molecule is N#Cc1ccc(-c2ccc(/C=N/N3CC(=O)N(C(=O)CCN)C3=O)o2)cc1. The molecular weight excluding hydrogens is 350 g/mol. The van der Waals surface area contributed by atoms with Crippen LogP contribution in [0.1, 0.15) is 17.7 Å². The molecule has 4 amide bonds. The molecule has 0 aliphatic carbocycles. The molecule has 3 rings (SSSR count). The molecule has 0 unspecified atom stereocenters. The lowest BCUT2D eigenvalue weighted by Gasteiger charge is -2.11. The molecule has 1 aliphatic heterocycles. The molecule has 2 aromatic rings. The van der Waals surface area contributed by atoms with Gasteiger partial charge in [-0.15, -0.1) is 0 Å². The highest BCUT2D eigenvalue weighted by Crippen LogP contribution is 2.22. The Hall–Kier alpha value is -3.77. The Balaban J connectivity index is 1.71. The maximum Gasteiger partial charge on any atom is 0.354 e. The number of hydrogen-bond donors (Lipinski definition) is 1. The van der Waals surface area contributed by atoms with E-state index in [0.29, 0.717) is 22.0 Å². The maximum atomic E-state index is 12.1. The summed E-state index contributed by atoms with van der Waals surface area (Å²) in [7, 11) is 0. The van der Waals surface area contributed by atoms with E-state index in [-0.39, 0.29) is 19.5 Å². The summed E-state index contributed by atoms with van der Waals surface area (Å²) in [6.45, 7) is -0.279. The number of hydrazone groups is 1. The summed E-state index contributed by atoms with van der Waals surface area (Å²) >= 11 is 0. The van der Waals surface area contributed by atoms with Gasteiger partial charge in [0.15, 0.2) is 0 Å². The third kappa shape index (κ3) is 3.75. The first kappa shape index (κ1) is 18.0. The van der Waals surface area contributed by atoms with Crippen molar-refractivity contribution in [2.75, 3.05) is 13.1 Å². The quantitative estimate of drug-likeness (QED) is 0.627. The lowest BCUT2D eigenvalue weighted by Crippen LogP contribution is -2.38. The highest BCUT2D eigenvalue weighted by molar-refractivity contribution is 6.15. The molecule has 1 fully saturated rings. The van der Waals surface area contributed by atoms with Crippen molar-refractivity contribution in [3.05, 3.63) is 47.7 Å². The zero-order chi connectivity index (χ0) is 19.4. The summed E-state index contributed by atoms with van der Waals surface area (Å²) in [5.41, 5.74) is 6.60. The first-order valence-corrected chi connectivity index (χ1v) is 8.05. The standard InChI is InChI=1S/C18H15N5O4/c19-8-7-16(24)23-17(25)11-22(18(23)26)21-10-14-5-6-15(27-14)13-3-1-12(9-20)2-4-13/h1-6,10H,7-8,11,19H2/b21-10+. The van der Waals surface area contributed by atoms with Gasteiger partial charge in [0, 0.05) is 18.5 Å². The van der Waals surface area contributed by atoms with Crippen molar-refractivity contribution < 1.29 is 18.8 Å². The van der Waals surface area contributed by atoms with E-state index in [1.807, 2.05) is 6.07 Å². The number of urea groups is 1. The molecule has 0 spiro atoms. The third-order valence-corrected chi connectivity index (χ3v) is 3.80. The van der Waals surface area contributed by atoms with E-state index in [9.17, 15) is 14.4 Å². The Bertz CT molecular complexity index is 955. The van der Waals surface area contributed by atoms with Gasteiger partial charge in [0.1, 0.15) is 18.1 Å². The van der Waals surface area contributed by atoms with Crippen LogP contribution < -0.4 is 5.73 Å². The molecule has 0 radical (unpaired) electrons. The largest absolute Gasteiger partial charge is 0.455 e. The van der Waals surface area contributed by atoms with Crippen LogP contribution in [0, 0.1) is 11.3 Å². The van der Waals surface area contributed by atoms with Gasteiger partial charge in [-0.1, -0.05) is 0 Å². The molecule has 0 atom stereocenters. The minimum Gasteiger partial charge on any atom is -0.455 e. The average molecular weight is 365 g/mol. The number of benzene rings is 1. The number of furan rings is 1. The van der Waals surface area contributed by atoms with Gasteiger partial charge >= 0.3 is 6.03 Å². The molecule has 2 heterocycles. The number of nitrogens with zero attached hydrogens (tertiary/aromatic N) is 4. The average Bonchev–Trinajstić information content (AvgIpc) is 3.24. The molecule has 9 nitrogen and oxygen atoms in total. The highest BCUT2D eigenvalue weighted by Gasteiger charge is 2.40. The number of hydrogen-bond acceptors (Lipinski definition) is 7. The van der Waals surface area contributed by atoms with E-state index in [2.05, 4.69) is 5.10 Å². The van der Waals surface area contributed by atoms with Crippen molar-refractivity contribution in [3.63, 3.8) is 0 Å². The van der Waals surface area contributed by atoms with E-state index in [1.165, 1.54) is 6.21 Å². The van der Waals surface area contributed by atoms with E-state index < -0.39 is 17.8 Å². The fourth-order valence-electron chi connectivity index (χ4n) is 2.47. The Labute approximate surface area is 154 Å². The number of rotatable bonds is 5. The molecule has 1 aliphatic rings. The van der Waals surface area contributed by atoms with Crippen LogP contribution >= 0.6 is 0 Å². The van der Waals surface area contributed by atoms with Crippen molar-refractivity contribution >= 4 is 24.1 Å². The minimum atomic E-state index is -0.812. The molecular formula is C18H15N5O4. The van der Waals surface area contributed by atoms with E-state index in [0.717, 1.165) is 10.6 Å². The maximum absolute atomic E-state index is 12.1. The summed E-state index contributed by atoms with van der Waals surface area (Å²) < 4.78 is 5.63. The van der Waals surface area contributed by atoms with Crippen LogP contribution in [0.25, 0.3) is 11.3 Å². The van der Waals surface area contributed by atoms with Crippen LogP contribution in [0.15, 0.2) is 45.9 Å². The number of nitrogens with two attached hydrogens (primary N) is 1. The van der Waals surface area contributed by atoms with Gasteiger partial charge in [-0.3, -0.25) is 9.59 Å².